The van der Waals surface area contributed by atoms with E-state index < -0.39 is 0 Å². The van der Waals surface area contributed by atoms with Crippen molar-refractivity contribution in [3.8, 4) is 0 Å². The van der Waals surface area contributed by atoms with Crippen LogP contribution in [-0.2, 0) is 0 Å². The minimum absolute atomic E-state index is 0.526. The molecule has 1 atom stereocenters. The van der Waals surface area contributed by atoms with Gasteiger partial charge < -0.3 is 5.32 Å². The minimum atomic E-state index is 0.526. The molecule has 1 saturated heterocycles. The number of piperazine rings is 1. The van der Waals surface area contributed by atoms with Gasteiger partial charge in [0.05, 0.1) is 11.7 Å². The van der Waals surface area contributed by atoms with Crippen LogP contribution in [-0.4, -0.2) is 36.1 Å². The van der Waals surface area contributed by atoms with E-state index in [2.05, 4.69) is 38.3 Å². The van der Waals surface area contributed by atoms with Crippen molar-refractivity contribution in [3.05, 3.63) is 28.5 Å². The van der Waals surface area contributed by atoms with Gasteiger partial charge in [-0.2, -0.15) is 0 Å². The van der Waals surface area contributed by atoms with E-state index in [9.17, 15) is 0 Å². The Bertz CT molecular complexity index is 400. The Morgan fingerprint density at radius 1 is 1.28 bits per heavy atom. The lowest BCUT2D eigenvalue weighted by atomic mass is 9.77. The molecular formula is C14H20BrN3. The van der Waals surface area contributed by atoms with Crippen molar-refractivity contribution in [1.82, 2.24) is 15.2 Å². The van der Waals surface area contributed by atoms with Crippen LogP contribution < -0.4 is 5.32 Å². The first kappa shape index (κ1) is 12.6. The van der Waals surface area contributed by atoms with Crippen LogP contribution >= 0.6 is 15.9 Å². The molecule has 18 heavy (non-hydrogen) atoms. The van der Waals surface area contributed by atoms with E-state index in [0.29, 0.717) is 6.04 Å². The Morgan fingerprint density at radius 2 is 2.06 bits per heavy atom. The van der Waals surface area contributed by atoms with Crippen molar-refractivity contribution in [3.63, 3.8) is 0 Å². The van der Waals surface area contributed by atoms with E-state index >= 15 is 0 Å². The number of halogens is 1. The third-order valence-corrected chi connectivity index (χ3v) is 4.62. The third-order valence-electron chi connectivity index (χ3n) is 4.18. The summed E-state index contributed by atoms with van der Waals surface area (Å²) < 4.78 is 0.958. The summed E-state index contributed by atoms with van der Waals surface area (Å²) in [6, 6.07) is 6.84. The molecule has 1 aliphatic carbocycles. The van der Waals surface area contributed by atoms with Gasteiger partial charge in [-0.3, -0.25) is 4.90 Å². The van der Waals surface area contributed by atoms with Gasteiger partial charge in [-0.15, -0.1) is 0 Å². The number of nitrogens with zero attached hydrogens (tertiary/aromatic N) is 2. The zero-order valence-electron chi connectivity index (χ0n) is 10.6. The highest BCUT2D eigenvalue weighted by molar-refractivity contribution is 9.10. The van der Waals surface area contributed by atoms with E-state index in [1.54, 1.807) is 0 Å². The van der Waals surface area contributed by atoms with Gasteiger partial charge in [-0.1, -0.05) is 12.5 Å². The lowest BCUT2D eigenvalue weighted by molar-refractivity contribution is 0.0808. The van der Waals surface area contributed by atoms with Gasteiger partial charge in [0, 0.05) is 26.2 Å². The smallest absolute Gasteiger partial charge is 0.106 e. The van der Waals surface area contributed by atoms with Crippen LogP contribution in [0.25, 0.3) is 0 Å². The molecule has 1 saturated carbocycles. The molecule has 2 fully saturated rings. The summed E-state index contributed by atoms with van der Waals surface area (Å²) in [5.74, 6) is 0.810. The van der Waals surface area contributed by atoms with Gasteiger partial charge >= 0.3 is 0 Å². The van der Waals surface area contributed by atoms with Gasteiger partial charge in [0.2, 0.25) is 0 Å². The molecule has 1 N–H and O–H groups in total. The van der Waals surface area contributed by atoms with Crippen molar-refractivity contribution in [1.29, 1.82) is 0 Å². The van der Waals surface area contributed by atoms with Gasteiger partial charge in [-0.05, 0) is 46.8 Å². The van der Waals surface area contributed by atoms with E-state index in [0.717, 1.165) is 36.7 Å². The second-order valence-corrected chi connectivity index (χ2v) is 6.12. The second-order valence-electron chi connectivity index (χ2n) is 5.31. The maximum Gasteiger partial charge on any atom is 0.106 e. The Balaban J connectivity index is 1.84. The average Bonchev–Trinajstić information content (AvgIpc) is 2.34. The van der Waals surface area contributed by atoms with Gasteiger partial charge in [0.25, 0.3) is 0 Å². The van der Waals surface area contributed by atoms with Crippen LogP contribution in [0.1, 0.15) is 31.0 Å². The molecule has 2 aliphatic rings. The number of hydrogen-bond acceptors (Lipinski definition) is 3. The Kier molecular flexibility index (Phi) is 3.97. The highest BCUT2D eigenvalue weighted by atomic mass is 79.9. The van der Waals surface area contributed by atoms with Crippen molar-refractivity contribution in [2.24, 2.45) is 5.92 Å². The summed E-state index contributed by atoms with van der Waals surface area (Å²) in [6.45, 7) is 4.51. The zero-order chi connectivity index (χ0) is 12.4. The summed E-state index contributed by atoms with van der Waals surface area (Å²) in [5.41, 5.74) is 1.25. The molecule has 1 aromatic rings. The summed E-state index contributed by atoms with van der Waals surface area (Å²) in [5, 5.41) is 3.44. The first-order chi connectivity index (χ1) is 8.84. The van der Waals surface area contributed by atoms with Crippen molar-refractivity contribution in [2.75, 3.05) is 26.2 Å². The fourth-order valence-electron chi connectivity index (χ4n) is 3.03. The second kappa shape index (κ2) is 5.68. The van der Waals surface area contributed by atoms with Crippen molar-refractivity contribution < 1.29 is 0 Å². The summed E-state index contributed by atoms with van der Waals surface area (Å²) in [7, 11) is 0. The number of rotatable bonds is 3. The Hall–Kier alpha value is -0.450. The molecule has 3 nitrogen and oxygen atoms in total. The quantitative estimate of drug-likeness (QED) is 0.870. The lowest BCUT2D eigenvalue weighted by Crippen LogP contribution is -2.48. The molecule has 0 aromatic carbocycles. The van der Waals surface area contributed by atoms with E-state index in [-0.39, 0.29) is 0 Å². The standard InChI is InChI=1S/C14H20BrN3/c15-13-6-2-5-12(17-13)14(11-3-1-4-11)18-9-7-16-8-10-18/h2,5-6,11,14,16H,1,3-4,7-10H2/t14-/m1/s1. The molecule has 0 unspecified atom stereocenters. The summed E-state index contributed by atoms with van der Waals surface area (Å²) in [6.07, 6.45) is 4.12. The zero-order valence-corrected chi connectivity index (χ0v) is 12.2. The first-order valence-corrected chi connectivity index (χ1v) is 7.71. The number of pyridine rings is 1. The van der Waals surface area contributed by atoms with Crippen molar-refractivity contribution >= 4 is 15.9 Å². The van der Waals surface area contributed by atoms with Crippen LogP contribution in [0, 0.1) is 5.92 Å². The molecule has 0 spiro atoms. The molecular weight excluding hydrogens is 290 g/mol. The minimum Gasteiger partial charge on any atom is -0.314 e. The van der Waals surface area contributed by atoms with Gasteiger partial charge in [0.15, 0.2) is 0 Å². The van der Waals surface area contributed by atoms with Gasteiger partial charge in [-0.25, -0.2) is 4.98 Å². The van der Waals surface area contributed by atoms with E-state index in [1.807, 2.05) is 6.07 Å². The highest BCUT2D eigenvalue weighted by Crippen LogP contribution is 2.41. The third kappa shape index (κ3) is 2.60. The fourth-order valence-corrected chi connectivity index (χ4v) is 3.39. The Morgan fingerprint density at radius 3 is 2.67 bits per heavy atom. The highest BCUT2D eigenvalue weighted by Gasteiger charge is 2.34. The lowest BCUT2D eigenvalue weighted by Gasteiger charge is -2.42. The monoisotopic (exact) mass is 309 g/mol. The molecule has 3 rings (SSSR count). The SMILES string of the molecule is Brc1cccc([C@@H](C2CCC2)N2CCNCC2)n1. The largest absolute Gasteiger partial charge is 0.314 e. The average molecular weight is 310 g/mol. The van der Waals surface area contributed by atoms with E-state index in [1.165, 1.54) is 25.0 Å². The predicted octanol–water partition coefficient (Wildman–Crippen LogP) is 2.59. The Labute approximate surface area is 117 Å². The first-order valence-electron chi connectivity index (χ1n) is 6.92. The summed E-state index contributed by atoms with van der Waals surface area (Å²) >= 11 is 3.50. The number of aromatic nitrogens is 1. The van der Waals surface area contributed by atoms with Gasteiger partial charge in [0.1, 0.15) is 4.60 Å². The molecule has 2 heterocycles. The molecule has 4 heteroatoms. The van der Waals surface area contributed by atoms with Crippen LogP contribution in [0.3, 0.4) is 0 Å². The van der Waals surface area contributed by atoms with Crippen LogP contribution in [0.5, 0.6) is 0 Å². The molecule has 98 valence electrons. The predicted molar refractivity (Wildman–Crippen MR) is 76.5 cm³/mol. The van der Waals surface area contributed by atoms with E-state index in [4.69, 9.17) is 4.98 Å². The number of hydrogen-bond donors (Lipinski definition) is 1. The molecule has 0 radical (unpaired) electrons. The van der Waals surface area contributed by atoms with Crippen molar-refractivity contribution in [2.45, 2.75) is 25.3 Å². The topological polar surface area (TPSA) is 28.2 Å². The van der Waals surface area contributed by atoms with Crippen LogP contribution in [0.4, 0.5) is 0 Å². The molecule has 0 amide bonds. The maximum atomic E-state index is 4.71. The maximum absolute atomic E-state index is 4.71. The molecule has 1 aromatic heterocycles. The van der Waals surface area contributed by atoms with Crippen LogP contribution in [0.15, 0.2) is 22.8 Å². The summed E-state index contributed by atoms with van der Waals surface area (Å²) in [4.78, 5) is 7.33. The van der Waals surface area contributed by atoms with Crippen LogP contribution in [0.2, 0.25) is 0 Å². The fraction of sp³-hybridized carbons (Fsp3) is 0.643. The normalized spacial score (nSPS) is 23.6. The molecule has 0 bridgehead atoms. The molecule has 1 aliphatic heterocycles. The number of nitrogens with one attached hydrogen (secondary N) is 1.